The van der Waals surface area contributed by atoms with Gasteiger partial charge in [0.25, 0.3) is 0 Å². The second-order valence-corrected chi connectivity index (χ2v) is 5.65. The molecule has 2 unspecified atom stereocenters. The zero-order chi connectivity index (χ0) is 13.5. The zero-order valence-corrected chi connectivity index (χ0v) is 12.2. The highest BCUT2D eigenvalue weighted by molar-refractivity contribution is 5.39. The summed E-state index contributed by atoms with van der Waals surface area (Å²) in [7, 11) is 0. The summed E-state index contributed by atoms with van der Waals surface area (Å²) in [5.41, 5.74) is 0. The molecule has 0 saturated heterocycles. The van der Waals surface area contributed by atoms with E-state index in [1.165, 1.54) is 32.1 Å². The van der Waals surface area contributed by atoms with Crippen molar-refractivity contribution in [3.63, 3.8) is 0 Å². The summed E-state index contributed by atoms with van der Waals surface area (Å²) in [4.78, 5) is 8.60. The number of rotatable bonds is 6. The van der Waals surface area contributed by atoms with Gasteiger partial charge >= 0.3 is 0 Å². The molecule has 2 N–H and O–H groups in total. The maximum absolute atomic E-state index is 4.43. The van der Waals surface area contributed by atoms with Gasteiger partial charge in [-0.1, -0.05) is 26.2 Å². The molecule has 0 aromatic carbocycles. The molecule has 0 bridgehead atoms. The predicted octanol–water partition coefficient (Wildman–Crippen LogP) is 3.54. The molecule has 1 saturated carbocycles. The lowest BCUT2D eigenvalue weighted by molar-refractivity contribution is 0.274. The number of anilines is 2. The van der Waals surface area contributed by atoms with E-state index in [2.05, 4.69) is 27.5 Å². The molecule has 0 amide bonds. The maximum Gasteiger partial charge on any atom is 0.224 e. The van der Waals surface area contributed by atoms with Crippen LogP contribution in [0.3, 0.4) is 0 Å². The Balaban J connectivity index is 1.74. The molecule has 0 aliphatic heterocycles. The van der Waals surface area contributed by atoms with Gasteiger partial charge in [0.1, 0.15) is 5.82 Å². The summed E-state index contributed by atoms with van der Waals surface area (Å²) in [6.07, 6.45) is 8.68. The quantitative estimate of drug-likeness (QED) is 0.823. The lowest BCUT2D eigenvalue weighted by Crippen LogP contribution is -2.17. The van der Waals surface area contributed by atoms with Gasteiger partial charge in [0.05, 0.1) is 0 Å². The van der Waals surface area contributed by atoms with Crippen LogP contribution in [0.5, 0.6) is 0 Å². The van der Waals surface area contributed by atoms with Crippen molar-refractivity contribution in [1.82, 2.24) is 9.97 Å². The molecule has 1 aromatic heterocycles. The van der Waals surface area contributed by atoms with E-state index < -0.39 is 0 Å². The number of aromatic nitrogens is 2. The lowest BCUT2D eigenvalue weighted by Gasteiger charge is -2.26. The van der Waals surface area contributed by atoms with Gasteiger partial charge in [-0.2, -0.15) is 4.98 Å². The average Bonchev–Trinajstić information content (AvgIpc) is 2.40. The normalized spacial score (nSPS) is 23.1. The number of nitrogens with one attached hydrogen (secondary N) is 2. The fraction of sp³-hybridized carbons (Fsp3) is 0.733. The molecule has 0 spiro atoms. The molecule has 2 rings (SSSR count). The van der Waals surface area contributed by atoms with Crippen LogP contribution in [0.15, 0.2) is 12.3 Å². The first-order valence-electron chi connectivity index (χ1n) is 7.58. The van der Waals surface area contributed by atoms with Crippen LogP contribution in [0, 0.1) is 11.8 Å². The van der Waals surface area contributed by atoms with E-state index in [1.807, 2.05) is 13.0 Å². The van der Waals surface area contributed by atoms with Gasteiger partial charge < -0.3 is 10.6 Å². The van der Waals surface area contributed by atoms with Crippen molar-refractivity contribution in [2.75, 3.05) is 23.7 Å². The van der Waals surface area contributed by atoms with E-state index in [9.17, 15) is 0 Å². The molecule has 4 heteroatoms. The third-order valence-electron chi connectivity index (χ3n) is 3.89. The van der Waals surface area contributed by atoms with Crippen molar-refractivity contribution in [1.29, 1.82) is 0 Å². The third kappa shape index (κ3) is 4.69. The van der Waals surface area contributed by atoms with Gasteiger partial charge in [0, 0.05) is 19.3 Å². The molecule has 1 heterocycles. The summed E-state index contributed by atoms with van der Waals surface area (Å²) >= 11 is 0. The molecule has 1 aromatic rings. The molecule has 1 fully saturated rings. The molecular formula is C15H26N4. The van der Waals surface area contributed by atoms with Gasteiger partial charge in [-0.25, -0.2) is 4.98 Å². The minimum absolute atomic E-state index is 0.707. The number of hydrogen-bond donors (Lipinski definition) is 2. The minimum atomic E-state index is 0.707. The van der Waals surface area contributed by atoms with Crippen molar-refractivity contribution in [2.45, 2.75) is 46.0 Å². The fourth-order valence-corrected chi connectivity index (χ4v) is 2.93. The summed E-state index contributed by atoms with van der Waals surface area (Å²) in [6, 6.07) is 1.93. The van der Waals surface area contributed by atoms with Crippen LogP contribution < -0.4 is 10.6 Å². The first-order chi connectivity index (χ1) is 9.28. The summed E-state index contributed by atoms with van der Waals surface area (Å²) in [6.45, 7) is 6.30. The van der Waals surface area contributed by atoms with Crippen molar-refractivity contribution < 1.29 is 0 Å². The molecular weight excluding hydrogens is 236 g/mol. The standard InChI is InChI=1S/C15H26N4/c1-3-16-15-18-10-8-14(19-15)17-9-7-13-6-4-5-12(2)11-13/h8,10,12-13H,3-7,9,11H2,1-2H3,(H2,16,17,18,19). The van der Waals surface area contributed by atoms with Gasteiger partial charge in [0.15, 0.2) is 0 Å². The van der Waals surface area contributed by atoms with E-state index in [0.29, 0.717) is 5.95 Å². The Morgan fingerprint density at radius 2 is 2.21 bits per heavy atom. The minimum Gasteiger partial charge on any atom is -0.370 e. The highest BCUT2D eigenvalue weighted by Crippen LogP contribution is 2.30. The van der Waals surface area contributed by atoms with Gasteiger partial charge in [0.2, 0.25) is 5.95 Å². The molecule has 4 nitrogen and oxygen atoms in total. The summed E-state index contributed by atoms with van der Waals surface area (Å²) in [5, 5.41) is 6.55. The third-order valence-corrected chi connectivity index (χ3v) is 3.89. The van der Waals surface area contributed by atoms with E-state index in [1.54, 1.807) is 6.20 Å². The van der Waals surface area contributed by atoms with E-state index in [0.717, 1.165) is 30.7 Å². The number of hydrogen-bond acceptors (Lipinski definition) is 4. The second-order valence-electron chi connectivity index (χ2n) is 5.65. The van der Waals surface area contributed by atoms with Crippen LogP contribution in [0.2, 0.25) is 0 Å². The molecule has 1 aliphatic rings. The van der Waals surface area contributed by atoms with Crippen molar-refractivity contribution in [2.24, 2.45) is 11.8 Å². The zero-order valence-electron chi connectivity index (χ0n) is 12.2. The SMILES string of the molecule is CCNc1nccc(NCCC2CCCC(C)C2)n1. The van der Waals surface area contributed by atoms with Crippen LogP contribution in [0.25, 0.3) is 0 Å². The van der Waals surface area contributed by atoms with E-state index >= 15 is 0 Å². The molecule has 0 radical (unpaired) electrons. The van der Waals surface area contributed by atoms with Gasteiger partial charge in [-0.3, -0.25) is 0 Å². The monoisotopic (exact) mass is 262 g/mol. The highest BCUT2D eigenvalue weighted by Gasteiger charge is 2.18. The van der Waals surface area contributed by atoms with Gasteiger partial charge in [-0.15, -0.1) is 0 Å². The molecule has 2 atom stereocenters. The van der Waals surface area contributed by atoms with Crippen molar-refractivity contribution in [3.05, 3.63) is 12.3 Å². The van der Waals surface area contributed by atoms with E-state index in [4.69, 9.17) is 0 Å². The van der Waals surface area contributed by atoms with E-state index in [-0.39, 0.29) is 0 Å². The number of nitrogens with zero attached hydrogens (tertiary/aromatic N) is 2. The Morgan fingerprint density at radius 1 is 1.32 bits per heavy atom. The maximum atomic E-state index is 4.43. The van der Waals surface area contributed by atoms with Crippen LogP contribution in [0.1, 0.15) is 46.0 Å². The highest BCUT2D eigenvalue weighted by atomic mass is 15.1. The van der Waals surface area contributed by atoms with Crippen LogP contribution >= 0.6 is 0 Å². The Labute approximate surface area is 116 Å². The Kier molecular flexibility index (Phi) is 5.43. The van der Waals surface area contributed by atoms with Crippen LogP contribution in [0.4, 0.5) is 11.8 Å². The Hall–Kier alpha value is -1.32. The topological polar surface area (TPSA) is 49.8 Å². The molecule has 1 aliphatic carbocycles. The van der Waals surface area contributed by atoms with Crippen molar-refractivity contribution >= 4 is 11.8 Å². The smallest absolute Gasteiger partial charge is 0.224 e. The second kappa shape index (κ2) is 7.31. The largest absolute Gasteiger partial charge is 0.370 e. The van der Waals surface area contributed by atoms with Crippen LogP contribution in [-0.2, 0) is 0 Å². The van der Waals surface area contributed by atoms with Crippen molar-refractivity contribution in [3.8, 4) is 0 Å². The lowest BCUT2D eigenvalue weighted by atomic mass is 9.81. The van der Waals surface area contributed by atoms with Gasteiger partial charge in [-0.05, 0) is 37.7 Å². The predicted molar refractivity (Wildman–Crippen MR) is 80.4 cm³/mol. The summed E-state index contributed by atoms with van der Waals surface area (Å²) in [5.74, 6) is 3.44. The first-order valence-corrected chi connectivity index (χ1v) is 7.58. The van der Waals surface area contributed by atoms with Crippen LogP contribution in [-0.4, -0.2) is 23.1 Å². The summed E-state index contributed by atoms with van der Waals surface area (Å²) < 4.78 is 0. The Bertz CT molecular complexity index is 380. The molecule has 19 heavy (non-hydrogen) atoms. The molecule has 106 valence electrons. The fourth-order valence-electron chi connectivity index (χ4n) is 2.93. The average molecular weight is 262 g/mol. The Morgan fingerprint density at radius 3 is 3.00 bits per heavy atom. The first kappa shape index (κ1) is 14.1.